The molecule has 1 amide bonds. The van der Waals surface area contributed by atoms with Gasteiger partial charge in [0.25, 0.3) is 0 Å². The molecule has 144 valence electrons. The zero-order valence-electron chi connectivity index (χ0n) is 14.0. The van der Waals surface area contributed by atoms with Crippen LogP contribution in [0, 0.1) is 10.2 Å². The molecule has 0 radical (unpaired) electrons. The SMILES string of the molecule is CCCCCCCCCNC(=O)OCCCC(=O)O.[O-][Cl+3]([O-])([O-])O. The number of carbonyl (C=O) groups is 2. The molecule has 9 nitrogen and oxygen atoms in total. The first-order chi connectivity index (χ1) is 11.2. The summed E-state index contributed by atoms with van der Waals surface area (Å²) < 4.78 is 37.6. The highest BCUT2D eigenvalue weighted by molar-refractivity contribution is 5.67. The topological polar surface area (TPSA) is 165 Å². The van der Waals surface area contributed by atoms with E-state index in [0.29, 0.717) is 13.0 Å². The van der Waals surface area contributed by atoms with Gasteiger partial charge in [-0.3, -0.25) is 4.79 Å². The maximum Gasteiger partial charge on any atom is 0.407 e. The second-order valence-corrected chi connectivity index (χ2v) is 5.87. The highest BCUT2D eigenvalue weighted by Gasteiger charge is 2.02. The number of rotatable bonds is 12. The number of hydrogen-bond acceptors (Lipinski definition) is 7. The maximum absolute atomic E-state index is 11.2. The van der Waals surface area contributed by atoms with E-state index in [2.05, 4.69) is 12.2 Å². The number of alkyl carbamates (subject to hydrolysis) is 1. The Bertz CT molecular complexity index is 316. The first kappa shape index (κ1) is 25.1. The van der Waals surface area contributed by atoms with Gasteiger partial charge in [0.05, 0.1) is 21.5 Å². The second-order valence-electron chi connectivity index (χ2n) is 5.08. The molecule has 0 unspecified atom stereocenters. The van der Waals surface area contributed by atoms with Crippen molar-refractivity contribution in [2.45, 2.75) is 64.7 Å². The number of carboxylic acid groups (broad SMARTS) is 1. The van der Waals surface area contributed by atoms with Crippen LogP contribution in [0.25, 0.3) is 0 Å². The van der Waals surface area contributed by atoms with E-state index in [4.69, 9.17) is 28.5 Å². The third-order valence-corrected chi connectivity index (χ3v) is 2.82. The van der Waals surface area contributed by atoms with E-state index in [1.165, 1.54) is 32.1 Å². The molecule has 0 rings (SSSR count). The summed E-state index contributed by atoms with van der Waals surface area (Å²) >= 11 is 0. The molecule has 0 atom stereocenters. The van der Waals surface area contributed by atoms with Crippen LogP contribution in [-0.4, -0.2) is 35.0 Å². The minimum Gasteiger partial charge on any atom is -0.481 e. The molecule has 0 saturated carbocycles. The minimum atomic E-state index is -4.69. The quantitative estimate of drug-likeness (QED) is 0.374. The van der Waals surface area contributed by atoms with Gasteiger partial charge in [-0.15, -0.1) is 0 Å². The first-order valence-electron chi connectivity index (χ1n) is 7.92. The van der Waals surface area contributed by atoms with E-state index >= 15 is 0 Å². The summed E-state index contributed by atoms with van der Waals surface area (Å²) in [6.45, 7) is 2.99. The predicted octanol–water partition coefficient (Wildman–Crippen LogP) is -0.796. The molecule has 24 heavy (non-hydrogen) atoms. The molecule has 0 heterocycles. The van der Waals surface area contributed by atoms with Crippen molar-refractivity contribution in [3.63, 3.8) is 0 Å². The normalized spacial score (nSPS) is 10.5. The van der Waals surface area contributed by atoms with Gasteiger partial charge >= 0.3 is 12.1 Å². The minimum absolute atomic E-state index is 0.0328. The van der Waals surface area contributed by atoms with Crippen LogP contribution in [0.5, 0.6) is 0 Å². The molecule has 0 aromatic heterocycles. The molecule has 0 saturated heterocycles. The van der Waals surface area contributed by atoms with Gasteiger partial charge in [0.1, 0.15) is 0 Å². The van der Waals surface area contributed by atoms with Crippen LogP contribution in [0.2, 0.25) is 0 Å². The average molecular weight is 374 g/mol. The second kappa shape index (κ2) is 16.7. The molecule has 0 aromatic carbocycles. The van der Waals surface area contributed by atoms with Crippen LogP contribution in [0.4, 0.5) is 4.79 Å². The monoisotopic (exact) mass is 373 g/mol. The Morgan fingerprint density at radius 1 is 1.00 bits per heavy atom. The van der Waals surface area contributed by atoms with Crippen molar-refractivity contribution in [3.8, 4) is 0 Å². The summed E-state index contributed by atoms with van der Waals surface area (Å²) in [5.74, 6) is -0.868. The molecule has 0 aromatic rings. The van der Waals surface area contributed by atoms with Crippen molar-refractivity contribution < 1.29 is 48.3 Å². The number of carbonyl (C=O) groups excluding carboxylic acids is 1. The lowest BCUT2D eigenvalue weighted by Crippen LogP contribution is -2.58. The Balaban J connectivity index is 0. The van der Waals surface area contributed by atoms with Gasteiger partial charge < -0.3 is 15.2 Å². The smallest absolute Gasteiger partial charge is 0.407 e. The van der Waals surface area contributed by atoms with Crippen molar-refractivity contribution >= 4 is 12.1 Å². The Hall–Kier alpha value is -1.13. The molecule has 0 bridgehead atoms. The Labute approximate surface area is 144 Å². The van der Waals surface area contributed by atoms with Crippen LogP contribution in [0.15, 0.2) is 0 Å². The van der Waals surface area contributed by atoms with Gasteiger partial charge in [0.15, 0.2) is 0 Å². The van der Waals surface area contributed by atoms with Gasteiger partial charge in [-0.25, -0.2) is 4.79 Å². The number of halogens is 1. The molecule has 0 aliphatic carbocycles. The molecule has 0 fully saturated rings. The van der Waals surface area contributed by atoms with Crippen LogP contribution in [0.3, 0.4) is 0 Å². The molecule has 10 heteroatoms. The summed E-state index contributed by atoms with van der Waals surface area (Å²) in [6, 6.07) is 0. The lowest BCUT2D eigenvalue weighted by Gasteiger charge is -2.06. The Kier molecular flexibility index (Phi) is 17.5. The highest BCUT2D eigenvalue weighted by atomic mass is 35.7. The summed E-state index contributed by atoms with van der Waals surface area (Å²) in [6.07, 6.45) is 8.40. The van der Waals surface area contributed by atoms with Gasteiger partial charge in [-0.1, -0.05) is 45.4 Å². The van der Waals surface area contributed by atoms with E-state index < -0.39 is 22.3 Å². The Morgan fingerprint density at radius 3 is 2.00 bits per heavy atom. The molecule has 0 aliphatic rings. The third-order valence-electron chi connectivity index (χ3n) is 2.82. The van der Waals surface area contributed by atoms with Crippen molar-refractivity contribution in [1.29, 1.82) is 0 Å². The Morgan fingerprint density at radius 2 is 1.50 bits per heavy atom. The van der Waals surface area contributed by atoms with Gasteiger partial charge in [0, 0.05) is 13.0 Å². The van der Waals surface area contributed by atoms with Gasteiger partial charge in [-0.05, 0) is 12.8 Å². The van der Waals surface area contributed by atoms with E-state index in [9.17, 15) is 9.59 Å². The average Bonchev–Trinajstić information content (AvgIpc) is 2.44. The summed E-state index contributed by atoms with van der Waals surface area (Å²) in [5, 5.41) is 11.1. The van der Waals surface area contributed by atoms with Crippen molar-refractivity contribution in [2.24, 2.45) is 0 Å². The lowest BCUT2D eigenvalue weighted by molar-refractivity contribution is -1.92. The standard InChI is InChI=1S/C14H27NO4.ClHO4/c1-2-3-4-5-6-7-8-11-15-14(18)19-12-9-10-13(16)17;2-1(3,4)5/h2-12H2,1H3,(H,15,18)(H,16,17);(H,2,3,4,5). The van der Waals surface area contributed by atoms with Crippen LogP contribution >= 0.6 is 0 Å². The predicted molar refractivity (Wildman–Crippen MR) is 76.4 cm³/mol. The fourth-order valence-electron chi connectivity index (χ4n) is 1.71. The number of carboxylic acids is 1. The van der Waals surface area contributed by atoms with Crippen LogP contribution < -0.4 is 19.3 Å². The number of unbranched alkanes of at least 4 members (excludes halogenated alkanes) is 6. The van der Waals surface area contributed by atoms with Crippen LogP contribution in [-0.2, 0) is 9.53 Å². The first-order valence-corrected chi connectivity index (χ1v) is 9.18. The molecule has 0 aliphatic heterocycles. The van der Waals surface area contributed by atoms with E-state index in [0.717, 1.165) is 12.8 Å². The van der Waals surface area contributed by atoms with Gasteiger partial charge in [0.2, 0.25) is 0 Å². The van der Waals surface area contributed by atoms with Crippen molar-refractivity contribution in [1.82, 2.24) is 5.32 Å². The largest absolute Gasteiger partial charge is 0.481 e. The number of hydrogen-bond donors (Lipinski definition) is 3. The van der Waals surface area contributed by atoms with Crippen LogP contribution in [0.1, 0.15) is 64.7 Å². The molecule has 0 spiro atoms. The summed E-state index contributed by atoms with van der Waals surface area (Å²) in [5.41, 5.74) is 0. The number of nitrogens with one attached hydrogen (secondary N) is 1. The van der Waals surface area contributed by atoms with E-state index in [1.54, 1.807) is 0 Å². The van der Waals surface area contributed by atoms with E-state index in [1.807, 2.05) is 0 Å². The molecular weight excluding hydrogens is 346 g/mol. The maximum atomic E-state index is 11.2. The summed E-state index contributed by atoms with van der Waals surface area (Å²) in [4.78, 5) is 21.4. The summed E-state index contributed by atoms with van der Waals surface area (Å²) in [7, 11) is -4.69. The zero-order valence-corrected chi connectivity index (χ0v) is 14.8. The number of amides is 1. The van der Waals surface area contributed by atoms with Gasteiger partial charge in [-0.2, -0.15) is 14.0 Å². The fraction of sp³-hybridized carbons (Fsp3) is 0.857. The van der Waals surface area contributed by atoms with Crippen molar-refractivity contribution in [2.75, 3.05) is 13.2 Å². The third kappa shape index (κ3) is 32.7. The zero-order chi connectivity index (χ0) is 18.8. The molecule has 3 N–H and O–H groups in total. The number of ether oxygens (including phenoxy) is 1. The lowest BCUT2D eigenvalue weighted by atomic mass is 10.1. The van der Waals surface area contributed by atoms with E-state index in [-0.39, 0.29) is 13.0 Å². The number of aliphatic carboxylic acids is 1. The fourth-order valence-corrected chi connectivity index (χ4v) is 1.71. The molecular formula is C14H28ClNO8. The highest BCUT2D eigenvalue weighted by Crippen LogP contribution is 2.06. The van der Waals surface area contributed by atoms with Crippen molar-refractivity contribution in [3.05, 3.63) is 0 Å².